The fraction of sp³-hybridized carbons (Fsp3) is 0.588. The maximum absolute atomic E-state index is 11.8. The number of para-hydroxylation sites is 1. The zero-order valence-corrected chi connectivity index (χ0v) is 15.7. The number of carbonyl (C=O) groups excluding carboxylic acids is 1. The molecule has 1 aromatic rings. The quantitative estimate of drug-likeness (QED) is 0.765. The number of alkyl carbamates (subject to hydrolysis) is 1. The number of hydrogen-bond acceptors (Lipinski definition) is 3. The first-order chi connectivity index (χ1) is 10.2. The van der Waals surface area contributed by atoms with Gasteiger partial charge in [-0.2, -0.15) is 0 Å². The average molecular weight is 371 g/mol. The van der Waals surface area contributed by atoms with E-state index in [1.165, 1.54) is 0 Å². The molecule has 0 spiro atoms. The number of hydrogen-bond donors (Lipinski definition) is 2. The Hall–Kier alpha value is -1.23. The highest BCUT2D eigenvalue weighted by Crippen LogP contribution is 2.22. The number of rotatable bonds is 6. The third kappa shape index (κ3) is 7.16. The van der Waals surface area contributed by atoms with Crippen LogP contribution >= 0.6 is 15.9 Å². The first-order valence-corrected chi connectivity index (χ1v) is 8.43. The van der Waals surface area contributed by atoms with Crippen molar-refractivity contribution in [2.24, 2.45) is 11.8 Å². The van der Waals surface area contributed by atoms with Crippen molar-refractivity contribution in [2.75, 3.05) is 18.4 Å². The van der Waals surface area contributed by atoms with E-state index in [4.69, 9.17) is 4.74 Å². The molecule has 0 radical (unpaired) electrons. The van der Waals surface area contributed by atoms with E-state index in [9.17, 15) is 4.79 Å². The Balaban J connectivity index is 2.49. The molecular formula is C17H27BrN2O2. The van der Waals surface area contributed by atoms with Gasteiger partial charge < -0.3 is 15.4 Å². The summed E-state index contributed by atoms with van der Waals surface area (Å²) in [7, 11) is 0. The molecule has 4 nitrogen and oxygen atoms in total. The Kier molecular flexibility index (Phi) is 7.20. The van der Waals surface area contributed by atoms with Gasteiger partial charge in [-0.25, -0.2) is 4.79 Å². The van der Waals surface area contributed by atoms with Crippen LogP contribution in [0.25, 0.3) is 0 Å². The maximum atomic E-state index is 11.8. The second-order valence-electron chi connectivity index (χ2n) is 6.75. The lowest BCUT2D eigenvalue weighted by Gasteiger charge is -2.24. The molecule has 0 aliphatic carbocycles. The van der Waals surface area contributed by atoms with E-state index >= 15 is 0 Å². The van der Waals surface area contributed by atoms with E-state index in [0.29, 0.717) is 18.4 Å². The van der Waals surface area contributed by atoms with E-state index in [-0.39, 0.29) is 6.09 Å². The minimum absolute atomic E-state index is 0.319. The Morgan fingerprint density at radius 3 is 2.41 bits per heavy atom. The predicted octanol–water partition coefficient (Wildman–Crippen LogP) is 4.66. The molecule has 1 rings (SSSR count). The molecule has 0 heterocycles. The summed E-state index contributed by atoms with van der Waals surface area (Å²) < 4.78 is 6.31. The number of anilines is 1. The van der Waals surface area contributed by atoms with Crippen molar-refractivity contribution in [3.8, 4) is 0 Å². The highest BCUT2D eigenvalue weighted by Gasteiger charge is 2.19. The number of amides is 1. The molecule has 0 aliphatic heterocycles. The predicted molar refractivity (Wildman–Crippen MR) is 95.2 cm³/mol. The molecule has 0 aliphatic rings. The number of benzene rings is 1. The lowest BCUT2D eigenvalue weighted by molar-refractivity contribution is 0.0516. The van der Waals surface area contributed by atoms with Crippen molar-refractivity contribution in [1.82, 2.24) is 5.32 Å². The average Bonchev–Trinajstić information content (AvgIpc) is 2.38. The van der Waals surface area contributed by atoms with Gasteiger partial charge in [-0.05, 0) is 60.7 Å². The SMILES string of the molecule is CC(C)C(CNC(=O)OC(C)(C)C)CNc1ccccc1Br. The molecule has 1 atom stereocenters. The van der Waals surface area contributed by atoms with Crippen LogP contribution in [0, 0.1) is 11.8 Å². The summed E-state index contributed by atoms with van der Waals surface area (Å²) in [6.07, 6.45) is -0.362. The number of halogens is 1. The van der Waals surface area contributed by atoms with Crippen molar-refractivity contribution >= 4 is 27.7 Å². The molecule has 1 amide bonds. The normalized spacial score (nSPS) is 12.9. The number of nitrogens with one attached hydrogen (secondary N) is 2. The zero-order valence-electron chi connectivity index (χ0n) is 14.1. The Morgan fingerprint density at radius 2 is 1.86 bits per heavy atom. The molecule has 0 bridgehead atoms. The van der Waals surface area contributed by atoms with Gasteiger partial charge >= 0.3 is 6.09 Å². The second kappa shape index (κ2) is 8.42. The molecule has 2 N–H and O–H groups in total. The van der Waals surface area contributed by atoms with Crippen molar-refractivity contribution in [2.45, 2.75) is 40.2 Å². The van der Waals surface area contributed by atoms with Crippen LogP contribution in [0.5, 0.6) is 0 Å². The van der Waals surface area contributed by atoms with Gasteiger partial charge in [-0.1, -0.05) is 26.0 Å². The van der Waals surface area contributed by atoms with Crippen LogP contribution in [0.4, 0.5) is 10.5 Å². The summed E-state index contributed by atoms with van der Waals surface area (Å²) >= 11 is 3.53. The van der Waals surface area contributed by atoms with E-state index in [1.54, 1.807) is 0 Å². The number of carbonyl (C=O) groups is 1. The van der Waals surface area contributed by atoms with E-state index in [0.717, 1.165) is 16.7 Å². The third-order valence-electron chi connectivity index (χ3n) is 3.28. The van der Waals surface area contributed by atoms with E-state index < -0.39 is 5.60 Å². The minimum atomic E-state index is -0.468. The molecule has 5 heteroatoms. The largest absolute Gasteiger partial charge is 0.444 e. The third-order valence-corrected chi connectivity index (χ3v) is 3.97. The smallest absolute Gasteiger partial charge is 0.407 e. The molecule has 0 fully saturated rings. The van der Waals surface area contributed by atoms with Gasteiger partial charge in [-0.15, -0.1) is 0 Å². The molecular weight excluding hydrogens is 344 g/mol. The Bertz CT molecular complexity index is 484. The van der Waals surface area contributed by atoms with Crippen LogP contribution in [0.1, 0.15) is 34.6 Å². The summed E-state index contributed by atoms with van der Waals surface area (Å²) in [5.41, 5.74) is 0.593. The molecule has 0 saturated carbocycles. The summed E-state index contributed by atoms with van der Waals surface area (Å²) in [5.74, 6) is 0.768. The first kappa shape index (κ1) is 18.8. The molecule has 1 unspecified atom stereocenters. The summed E-state index contributed by atoms with van der Waals surface area (Å²) in [4.78, 5) is 11.8. The fourth-order valence-corrected chi connectivity index (χ4v) is 2.34. The van der Waals surface area contributed by atoms with Gasteiger partial charge in [0.15, 0.2) is 0 Å². The van der Waals surface area contributed by atoms with Gasteiger partial charge in [0.2, 0.25) is 0 Å². The van der Waals surface area contributed by atoms with E-state index in [1.807, 2.05) is 45.0 Å². The van der Waals surface area contributed by atoms with Crippen molar-refractivity contribution in [1.29, 1.82) is 0 Å². The van der Waals surface area contributed by atoms with Gasteiger partial charge in [0, 0.05) is 23.2 Å². The monoisotopic (exact) mass is 370 g/mol. The van der Waals surface area contributed by atoms with Gasteiger partial charge in [-0.3, -0.25) is 0 Å². The molecule has 1 aromatic carbocycles. The minimum Gasteiger partial charge on any atom is -0.444 e. The maximum Gasteiger partial charge on any atom is 0.407 e. The fourth-order valence-electron chi connectivity index (χ4n) is 1.92. The summed E-state index contributed by atoms with van der Waals surface area (Å²) in [6, 6.07) is 8.02. The standard InChI is InChI=1S/C17H27BrN2O2/c1-12(2)13(11-20-16(21)22-17(3,4)5)10-19-15-9-7-6-8-14(15)18/h6-9,12-13,19H,10-11H2,1-5H3,(H,20,21). The Labute approximate surface area is 142 Å². The topological polar surface area (TPSA) is 50.4 Å². The van der Waals surface area contributed by atoms with Gasteiger partial charge in [0.1, 0.15) is 5.60 Å². The van der Waals surface area contributed by atoms with Crippen LogP contribution in [0.2, 0.25) is 0 Å². The highest BCUT2D eigenvalue weighted by molar-refractivity contribution is 9.10. The number of ether oxygens (including phenoxy) is 1. The Morgan fingerprint density at radius 1 is 1.23 bits per heavy atom. The highest BCUT2D eigenvalue weighted by atomic mass is 79.9. The molecule has 0 saturated heterocycles. The molecule has 124 valence electrons. The molecule has 22 heavy (non-hydrogen) atoms. The van der Waals surface area contributed by atoms with Gasteiger partial charge in [0.05, 0.1) is 0 Å². The summed E-state index contributed by atoms with van der Waals surface area (Å²) in [6.45, 7) is 11.3. The lowest BCUT2D eigenvalue weighted by atomic mass is 9.95. The lowest BCUT2D eigenvalue weighted by Crippen LogP contribution is -2.38. The van der Waals surface area contributed by atoms with Crippen molar-refractivity contribution < 1.29 is 9.53 Å². The second-order valence-corrected chi connectivity index (χ2v) is 7.60. The van der Waals surface area contributed by atoms with Crippen LogP contribution < -0.4 is 10.6 Å². The molecule has 0 aromatic heterocycles. The zero-order chi connectivity index (χ0) is 16.8. The van der Waals surface area contributed by atoms with Crippen molar-refractivity contribution in [3.63, 3.8) is 0 Å². The van der Waals surface area contributed by atoms with Crippen molar-refractivity contribution in [3.05, 3.63) is 28.7 Å². The van der Waals surface area contributed by atoms with Crippen LogP contribution in [0.3, 0.4) is 0 Å². The van der Waals surface area contributed by atoms with Gasteiger partial charge in [0.25, 0.3) is 0 Å². The summed E-state index contributed by atoms with van der Waals surface area (Å²) in [5, 5.41) is 6.29. The van der Waals surface area contributed by atoms with Crippen LogP contribution in [0.15, 0.2) is 28.7 Å². The van der Waals surface area contributed by atoms with E-state index in [2.05, 4.69) is 40.4 Å². The van der Waals surface area contributed by atoms with Crippen LogP contribution in [-0.4, -0.2) is 24.8 Å². The van der Waals surface area contributed by atoms with Crippen LogP contribution in [-0.2, 0) is 4.74 Å². The first-order valence-electron chi connectivity index (χ1n) is 7.64.